The minimum absolute atomic E-state index is 0.588. The Balaban J connectivity index is 1.86. The SMILES string of the molecule is CCCNc1cc(COCc2ccccc2Br)ccn1. The van der Waals surface area contributed by atoms with Crippen LogP contribution in [0, 0.1) is 0 Å². The molecule has 0 radical (unpaired) electrons. The van der Waals surface area contributed by atoms with Gasteiger partial charge in [0, 0.05) is 17.2 Å². The number of anilines is 1. The van der Waals surface area contributed by atoms with Crippen LogP contribution in [-0.4, -0.2) is 11.5 Å². The van der Waals surface area contributed by atoms with Gasteiger partial charge in [-0.15, -0.1) is 0 Å². The Morgan fingerprint density at radius 3 is 2.85 bits per heavy atom. The first-order valence-corrected chi connectivity index (χ1v) is 7.59. The van der Waals surface area contributed by atoms with E-state index in [9.17, 15) is 0 Å². The van der Waals surface area contributed by atoms with E-state index in [-0.39, 0.29) is 0 Å². The Hall–Kier alpha value is -1.39. The van der Waals surface area contributed by atoms with Crippen LogP contribution in [0.15, 0.2) is 47.1 Å². The highest BCUT2D eigenvalue weighted by Crippen LogP contribution is 2.17. The predicted molar refractivity (Wildman–Crippen MR) is 85.7 cm³/mol. The lowest BCUT2D eigenvalue weighted by Crippen LogP contribution is -2.03. The molecule has 1 N–H and O–H groups in total. The molecule has 0 bridgehead atoms. The van der Waals surface area contributed by atoms with Crippen LogP contribution in [0.5, 0.6) is 0 Å². The van der Waals surface area contributed by atoms with E-state index in [0.29, 0.717) is 13.2 Å². The van der Waals surface area contributed by atoms with Crippen LogP contribution in [0.2, 0.25) is 0 Å². The summed E-state index contributed by atoms with van der Waals surface area (Å²) in [5, 5.41) is 3.28. The van der Waals surface area contributed by atoms with Gasteiger partial charge >= 0.3 is 0 Å². The highest BCUT2D eigenvalue weighted by atomic mass is 79.9. The van der Waals surface area contributed by atoms with E-state index in [1.54, 1.807) is 0 Å². The van der Waals surface area contributed by atoms with Crippen molar-refractivity contribution in [2.75, 3.05) is 11.9 Å². The largest absolute Gasteiger partial charge is 0.372 e. The zero-order chi connectivity index (χ0) is 14.2. The Bertz CT molecular complexity index is 546. The van der Waals surface area contributed by atoms with Gasteiger partial charge in [-0.3, -0.25) is 0 Å². The van der Waals surface area contributed by atoms with E-state index in [4.69, 9.17) is 4.74 Å². The van der Waals surface area contributed by atoms with Gasteiger partial charge in [0.05, 0.1) is 13.2 Å². The maximum Gasteiger partial charge on any atom is 0.126 e. The molecule has 2 rings (SSSR count). The third-order valence-electron chi connectivity index (χ3n) is 2.86. The maximum absolute atomic E-state index is 5.76. The summed E-state index contributed by atoms with van der Waals surface area (Å²) in [6.45, 7) is 4.26. The number of halogens is 1. The van der Waals surface area contributed by atoms with Gasteiger partial charge in [0.25, 0.3) is 0 Å². The second-order valence-electron chi connectivity index (χ2n) is 4.56. The number of pyridine rings is 1. The number of benzene rings is 1. The summed E-state index contributed by atoms with van der Waals surface area (Å²) in [5.41, 5.74) is 2.29. The summed E-state index contributed by atoms with van der Waals surface area (Å²) in [6, 6.07) is 12.1. The Kier molecular flexibility index (Phi) is 6.02. The van der Waals surface area contributed by atoms with Crippen molar-refractivity contribution < 1.29 is 4.74 Å². The molecule has 0 saturated carbocycles. The average molecular weight is 335 g/mol. The van der Waals surface area contributed by atoms with Gasteiger partial charge in [0.15, 0.2) is 0 Å². The van der Waals surface area contributed by atoms with Gasteiger partial charge in [0.2, 0.25) is 0 Å². The van der Waals surface area contributed by atoms with Gasteiger partial charge < -0.3 is 10.1 Å². The standard InChI is InChI=1S/C16H19BrN2O/c1-2-8-18-16-10-13(7-9-19-16)11-20-12-14-5-3-4-6-15(14)17/h3-7,9-10H,2,8,11-12H2,1H3,(H,18,19). The fourth-order valence-electron chi connectivity index (χ4n) is 1.81. The lowest BCUT2D eigenvalue weighted by atomic mass is 10.2. The van der Waals surface area contributed by atoms with Crippen LogP contribution in [0.1, 0.15) is 24.5 Å². The Morgan fingerprint density at radius 1 is 1.20 bits per heavy atom. The van der Waals surface area contributed by atoms with E-state index < -0.39 is 0 Å². The van der Waals surface area contributed by atoms with E-state index in [2.05, 4.69) is 39.2 Å². The fraction of sp³-hybridized carbons (Fsp3) is 0.312. The molecule has 0 fully saturated rings. The smallest absolute Gasteiger partial charge is 0.126 e. The third kappa shape index (κ3) is 4.62. The lowest BCUT2D eigenvalue weighted by Gasteiger charge is -2.08. The molecule has 0 spiro atoms. The number of hydrogen-bond acceptors (Lipinski definition) is 3. The quantitative estimate of drug-likeness (QED) is 0.815. The molecule has 0 saturated heterocycles. The molecule has 1 aromatic carbocycles. The van der Waals surface area contributed by atoms with Gasteiger partial charge in [-0.25, -0.2) is 4.98 Å². The number of ether oxygens (including phenoxy) is 1. The minimum atomic E-state index is 0.588. The topological polar surface area (TPSA) is 34.1 Å². The van der Waals surface area contributed by atoms with Crippen molar-refractivity contribution in [2.24, 2.45) is 0 Å². The van der Waals surface area contributed by atoms with E-state index >= 15 is 0 Å². The maximum atomic E-state index is 5.76. The Morgan fingerprint density at radius 2 is 2.05 bits per heavy atom. The van der Waals surface area contributed by atoms with Crippen LogP contribution in [0.4, 0.5) is 5.82 Å². The van der Waals surface area contributed by atoms with Crippen LogP contribution < -0.4 is 5.32 Å². The third-order valence-corrected chi connectivity index (χ3v) is 3.64. The van der Waals surface area contributed by atoms with E-state index in [1.165, 1.54) is 0 Å². The molecule has 0 unspecified atom stereocenters. The molecule has 2 aromatic rings. The van der Waals surface area contributed by atoms with E-state index in [1.807, 2.05) is 36.5 Å². The average Bonchev–Trinajstić information content (AvgIpc) is 2.48. The molecular weight excluding hydrogens is 316 g/mol. The number of nitrogens with zero attached hydrogens (tertiary/aromatic N) is 1. The Labute approximate surface area is 128 Å². The normalized spacial score (nSPS) is 10.5. The van der Waals surface area contributed by atoms with Crippen molar-refractivity contribution in [2.45, 2.75) is 26.6 Å². The summed E-state index contributed by atoms with van der Waals surface area (Å²) < 4.78 is 6.84. The molecule has 0 amide bonds. The fourth-order valence-corrected chi connectivity index (χ4v) is 2.21. The van der Waals surface area contributed by atoms with Crippen LogP contribution >= 0.6 is 15.9 Å². The highest BCUT2D eigenvalue weighted by Gasteiger charge is 2.00. The minimum Gasteiger partial charge on any atom is -0.372 e. The predicted octanol–water partition coefficient (Wildman–Crippen LogP) is 4.38. The lowest BCUT2D eigenvalue weighted by molar-refractivity contribution is 0.107. The number of hydrogen-bond donors (Lipinski definition) is 1. The van der Waals surface area contributed by atoms with Gasteiger partial charge in [-0.2, -0.15) is 0 Å². The van der Waals surface area contributed by atoms with Gasteiger partial charge in [-0.1, -0.05) is 41.1 Å². The monoisotopic (exact) mass is 334 g/mol. The first kappa shape index (κ1) is 15.0. The van der Waals surface area contributed by atoms with Crippen LogP contribution in [-0.2, 0) is 18.0 Å². The van der Waals surface area contributed by atoms with Crippen LogP contribution in [0.25, 0.3) is 0 Å². The molecule has 0 aliphatic heterocycles. The summed E-state index contributed by atoms with van der Waals surface area (Å²) in [4.78, 5) is 4.28. The summed E-state index contributed by atoms with van der Waals surface area (Å²) >= 11 is 3.52. The molecule has 0 aliphatic carbocycles. The van der Waals surface area contributed by atoms with Gasteiger partial charge in [-0.05, 0) is 35.7 Å². The second-order valence-corrected chi connectivity index (χ2v) is 5.41. The van der Waals surface area contributed by atoms with Crippen molar-refractivity contribution in [3.05, 3.63) is 58.2 Å². The highest BCUT2D eigenvalue weighted by molar-refractivity contribution is 9.10. The number of rotatable bonds is 7. The van der Waals surface area contributed by atoms with Crippen molar-refractivity contribution in [1.29, 1.82) is 0 Å². The van der Waals surface area contributed by atoms with Gasteiger partial charge in [0.1, 0.15) is 5.82 Å². The molecule has 1 heterocycles. The van der Waals surface area contributed by atoms with E-state index in [0.717, 1.165) is 34.4 Å². The summed E-state index contributed by atoms with van der Waals surface area (Å²) in [5.74, 6) is 0.911. The molecule has 0 aliphatic rings. The first-order valence-electron chi connectivity index (χ1n) is 6.79. The zero-order valence-electron chi connectivity index (χ0n) is 11.6. The van der Waals surface area contributed by atoms with Crippen LogP contribution in [0.3, 0.4) is 0 Å². The number of nitrogens with one attached hydrogen (secondary N) is 1. The molecule has 3 nitrogen and oxygen atoms in total. The van der Waals surface area contributed by atoms with Crippen molar-refractivity contribution in [3.63, 3.8) is 0 Å². The second kappa shape index (κ2) is 8.02. The van der Waals surface area contributed by atoms with Crippen molar-refractivity contribution in [3.8, 4) is 0 Å². The molecule has 106 valence electrons. The number of aromatic nitrogens is 1. The molecule has 0 atom stereocenters. The zero-order valence-corrected chi connectivity index (χ0v) is 13.2. The molecule has 20 heavy (non-hydrogen) atoms. The molecular formula is C16H19BrN2O. The van der Waals surface area contributed by atoms with Crippen molar-refractivity contribution in [1.82, 2.24) is 4.98 Å². The summed E-state index contributed by atoms with van der Waals surface area (Å²) in [6.07, 6.45) is 2.90. The molecule has 1 aromatic heterocycles. The summed E-state index contributed by atoms with van der Waals surface area (Å²) in [7, 11) is 0. The molecule has 4 heteroatoms. The van der Waals surface area contributed by atoms with Crippen molar-refractivity contribution >= 4 is 21.7 Å². The first-order chi connectivity index (χ1) is 9.79.